The Kier molecular flexibility index (Phi) is 7.21. The Morgan fingerprint density at radius 2 is 1.96 bits per heavy atom. The fourth-order valence-corrected chi connectivity index (χ4v) is 4.42. The highest BCUT2D eigenvalue weighted by molar-refractivity contribution is 6.42. The van der Waals surface area contributed by atoms with Gasteiger partial charge in [-0.05, 0) is 43.4 Å². The van der Waals surface area contributed by atoms with Crippen molar-refractivity contribution in [1.29, 1.82) is 0 Å². The van der Waals surface area contributed by atoms with E-state index < -0.39 is 0 Å². The largest absolute Gasteiger partial charge is 0.376 e. The van der Waals surface area contributed by atoms with E-state index >= 15 is 0 Å². The van der Waals surface area contributed by atoms with E-state index in [9.17, 15) is 4.79 Å². The molecule has 2 atom stereocenters. The number of rotatable bonds is 4. The molecule has 26 heavy (non-hydrogen) atoms. The minimum atomic E-state index is 0.0650. The summed E-state index contributed by atoms with van der Waals surface area (Å²) in [5.74, 6) is 0.413. The first-order chi connectivity index (χ1) is 12.5. The Morgan fingerprint density at radius 3 is 2.65 bits per heavy atom. The lowest BCUT2D eigenvalue weighted by atomic mass is 9.88. The number of piperidine rings is 1. The second kappa shape index (κ2) is 9.41. The standard InChI is InChI=1S/C20H28Cl2N2O2/c1-14(25)23-16-7-9-24(10-8-16)13-20-17(4-2-3-11-26-20)15-5-6-18(21)19(22)12-15/h5-6,12,16-17,20H,2-4,7-11,13H2,1H3,(H,23,25)/t17-,20-/m0/s1. The van der Waals surface area contributed by atoms with Crippen LogP contribution in [0.4, 0.5) is 0 Å². The van der Waals surface area contributed by atoms with Gasteiger partial charge >= 0.3 is 0 Å². The molecule has 0 aliphatic carbocycles. The lowest BCUT2D eigenvalue weighted by molar-refractivity contribution is -0.120. The van der Waals surface area contributed by atoms with Crippen LogP contribution in [0.15, 0.2) is 18.2 Å². The lowest BCUT2D eigenvalue weighted by Gasteiger charge is -2.36. The number of amides is 1. The van der Waals surface area contributed by atoms with Crippen LogP contribution >= 0.6 is 23.2 Å². The van der Waals surface area contributed by atoms with Gasteiger partial charge in [0.15, 0.2) is 0 Å². The molecule has 6 heteroatoms. The maximum absolute atomic E-state index is 11.2. The van der Waals surface area contributed by atoms with Crippen LogP contribution in [0.5, 0.6) is 0 Å². The number of benzene rings is 1. The average molecular weight is 399 g/mol. The number of likely N-dealkylation sites (tertiary alicyclic amines) is 1. The van der Waals surface area contributed by atoms with Gasteiger partial charge in [0.2, 0.25) is 5.91 Å². The van der Waals surface area contributed by atoms with Crippen molar-refractivity contribution in [1.82, 2.24) is 10.2 Å². The summed E-state index contributed by atoms with van der Waals surface area (Å²) in [4.78, 5) is 13.7. The van der Waals surface area contributed by atoms with Gasteiger partial charge in [-0.3, -0.25) is 4.79 Å². The second-order valence-electron chi connectivity index (χ2n) is 7.46. The topological polar surface area (TPSA) is 41.6 Å². The number of hydrogen-bond donors (Lipinski definition) is 1. The van der Waals surface area contributed by atoms with Crippen LogP contribution in [0, 0.1) is 0 Å². The molecule has 4 nitrogen and oxygen atoms in total. The van der Waals surface area contributed by atoms with Crippen LogP contribution in [0.25, 0.3) is 0 Å². The molecular weight excluding hydrogens is 371 g/mol. The Hall–Kier alpha value is -0.810. The van der Waals surface area contributed by atoms with Crippen molar-refractivity contribution in [3.05, 3.63) is 33.8 Å². The van der Waals surface area contributed by atoms with E-state index in [1.165, 1.54) is 12.0 Å². The van der Waals surface area contributed by atoms with E-state index in [1.807, 2.05) is 12.1 Å². The molecule has 1 aromatic rings. The highest BCUT2D eigenvalue weighted by atomic mass is 35.5. The van der Waals surface area contributed by atoms with Gasteiger partial charge in [-0.2, -0.15) is 0 Å². The molecule has 0 unspecified atom stereocenters. The van der Waals surface area contributed by atoms with Gasteiger partial charge in [0.1, 0.15) is 0 Å². The van der Waals surface area contributed by atoms with Gasteiger partial charge in [0, 0.05) is 45.1 Å². The van der Waals surface area contributed by atoms with Gasteiger partial charge in [0.25, 0.3) is 0 Å². The summed E-state index contributed by atoms with van der Waals surface area (Å²) in [7, 11) is 0. The third-order valence-corrected chi connectivity index (χ3v) is 6.23. The Labute approximate surface area is 166 Å². The maximum atomic E-state index is 11.2. The monoisotopic (exact) mass is 398 g/mol. The van der Waals surface area contributed by atoms with Crippen molar-refractivity contribution in [2.24, 2.45) is 0 Å². The Bertz CT molecular complexity index is 618. The molecule has 0 saturated carbocycles. The number of hydrogen-bond acceptors (Lipinski definition) is 3. The molecule has 0 radical (unpaired) electrons. The average Bonchev–Trinajstić information content (AvgIpc) is 2.84. The zero-order chi connectivity index (χ0) is 18.5. The van der Waals surface area contributed by atoms with E-state index in [4.69, 9.17) is 27.9 Å². The van der Waals surface area contributed by atoms with Gasteiger partial charge in [-0.15, -0.1) is 0 Å². The van der Waals surface area contributed by atoms with Crippen LogP contribution in [0.2, 0.25) is 10.0 Å². The van der Waals surface area contributed by atoms with Crippen LogP contribution in [0.1, 0.15) is 50.5 Å². The zero-order valence-corrected chi connectivity index (χ0v) is 16.9. The molecule has 0 spiro atoms. The molecular formula is C20H28Cl2N2O2. The second-order valence-corrected chi connectivity index (χ2v) is 8.27. The Morgan fingerprint density at radius 1 is 1.19 bits per heavy atom. The van der Waals surface area contributed by atoms with Gasteiger partial charge < -0.3 is 15.0 Å². The number of ether oxygens (including phenoxy) is 1. The third-order valence-electron chi connectivity index (χ3n) is 5.50. The summed E-state index contributed by atoms with van der Waals surface area (Å²) in [6, 6.07) is 6.28. The molecule has 144 valence electrons. The minimum Gasteiger partial charge on any atom is -0.376 e. The molecule has 0 bridgehead atoms. The molecule has 2 saturated heterocycles. The van der Waals surface area contributed by atoms with Gasteiger partial charge in [-0.25, -0.2) is 0 Å². The molecule has 1 amide bonds. The first-order valence-electron chi connectivity index (χ1n) is 9.59. The summed E-state index contributed by atoms with van der Waals surface area (Å²) in [6.45, 7) is 5.34. The summed E-state index contributed by atoms with van der Waals surface area (Å²) in [6.07, 6.45) is 5.58. The smallest absolute Gasteiger partial charge is 0.217 e. The number of carbonyl (C=O) groups is 1. The van der Waals surface area contributed by atoms with E-state index in [0.717, 1.165) is 51.9 Å². The van der Waals surface area contributed by atoms with E-state index in [-0.39, 0.29) is 12.0 Å². The maximum Gasteiger partial charge on any atom is 0.217 e. The van der Waals surface area contributed by atoms with Crippen molar-refractivity contribution >= 4 is 29.1 Å². The van der Waals surface area contributed by atoms with Crippen molar-refractivity contribution < 1.29 is 9.53 Å². The zero-order valence-electron chi connectivity index (χ0n) is 15.3. The minimum absolute atomic E-state index is 0.0650. The summed E-state index contributed by atoms with van der Waals surface area (Å²) >= 11 is 12.3. The highest BCUT2D eigenvalue weighted by Crippen LogP contribution is 2.34. The molecule has 2 aliphatic rings. The number of carbonyl (C=O) groups excluding carboxylic acids is 1. The van der Waals surface area contributed by atoms with Crippen LogP contribution in [0.3, 0.4) is 0 Å². The molecule has 2 aliphatic heterocycles. The molecule has 2 fully saturated rings. The number of nitrogens with zero attached hydrogens (tertiary/aromatic N) is 1. The molecule has 2 heterocycles. The fraction of sp³-hybridized carbons (Fsp3) is 0.650. The van der Waals surface area contributed by atoms with Crippen molar-refractivity contribution in [3.63, 3.8) is 0 Å². The van der Waals surface area contributed by atoms with E-state index in [0.29, 0.717) is 22.0 Å². The SMILES string of the molecule is CC(=O)NC1CCN(C[C@@H]2OCCCC[C@H]2c2ccc(Cl)c(Cl)c2)CC1. The van der Waals surface area contributed by atoms with E-state index in [1.54, 1.807) is 6.92 Å². The summed E-state index contributed by atoms with van der Waals surface area (Å²) in [5, 5.41) is 4.25. The van der Waals surface area contributed by atoms with Crippen LogP contribution in [-0.2, 0) is 9.53 Å². The molecule has 1 aromatic carbocycles. The molecule has 3 rings (SSSR count). The predicted molar refractivity (Wildman–Crippen MR) is 106 cm³/mol. The Balaban J connectivity index is 1.64. The number of nitrogens with one attached hydrogen (secondary N) is 1. The van der Waals surface area contributed by atoms with Gasteiger partial charge in [0.05, 0.1) is 16.1 Å². The van der Waals surface area contributed by atoms with Crippen LogP contribution in [-0.4, -0.2) is 49.2 Å². The van der Waals surface area contributed by atoms with Crippen LogP contribution < -0.4 is 5.32 Å². The fourth-order valence-electron chi connectivity index (χ4n) is 4.11. The van der Waals surface area contributed by atoms with Gasteiger partial charge in [-0.1, -0.05) is 35.7 Å². The van der Waals surface area contributed by atoms with Crippen molar-refractivity contribution in [3.8, 4) is 0 Å². The normalized spacial score (nSPS) is 25.7. The molecule has 1 N–H and O–H groups in total. The van der Waals surface area contributed by atoms with Crippen molar-refractivity contribution in [2.45, 2.75) is 57.1 Å². The first-order valence-corrected chi connectivity index (χ1v) is 10.3. The first kappa shape index (κ1) is 19.9. The summed E-state index contributed by atoms with van der Waals surface area (Å²) < 4.78 is 6.25. The predicted octanol–water partition coefficient (Wildman–Crippen LogP) is 4.25. The van der Waals surface area contributed by atoms with Crippen molar-refractivity contribution in [2.75, 3.05) is 26.2 Å². The highest BCUT2D eigenvalue weighted by Gasteiger charge is 2.30. The quantitative estimate of drug-likeness (QED) is 0.823. The third kappa shape index (κ3) is 5.35. The molecule has 0 aromatic heterocycles. The summed E-state index contributed by atoms with van der Waals surface area (Å²) in [5.41, 5.74) is 1.22. The van der Waals surface area contributed by atoms with E-state index in [2.05, 4.69) is 16.3 Å². The lowest BCUT2D eigenvalue weighted by Crippen LogP contribution is -2.47. The number of halogens is 2.